The van der Waals surface area contributed by atoms with Crippen LogP contribution in [0.3, 0.4) is 0 Å². The van der Waals surface area contributed by atoms with Gasteiger partial charge in [-0.05, 0) is 31.0 Å². The number of nitrogens with one attached hydrogen (secondary N) is 1. The van der Waals surface area contributed by atoms with Crippen molar-refractivity contribution in [1.82, 2.24) is 5.32 Å². The largest absolute Gasteiger partial charge is 0.349 e. The van der Waals surface area contributed by atoms with Crippen molar-refractivity contribution in [2.24, 2.45) is 0 Å². The number of hydrogen-bond acceptors (Lipinski definition) is 2. The van der Waals surface area contributed by atoms with Crippen LogP contribution in [0.4, 0.5) is 0 Å². The lowest BCUT2D eigenvalue weighted by Crippen LogP contribution is -2.32. The third-order valence-corrected chi connectivity index (χ3v) is 3.49. The molecule has 2 nitrogen and oxygen atoms in total. The van der Waals surface area contributed by atoms with E-state index in [4.69, 9.17) is 11.6 Å². The highest BCUT2D eigenvalue weighted by Gasteiger charge is 2.19. The molecular formula is C12H14ClNOS. The number of rotatable bonds is 2. The Bertz CT molecular complexity index is 402. The predicted octanol–water partition coefficient (Wildman–Crippen LogP) is 3.30. The molecule has 0 bridgehead atoms. The molecule has 86 valence electrons. The first-order chi connectivity index (χ1) is 7.66. The number of carbonyl (C=O) groups is 1. The van der Waals surface area contributed by atoms with E-state index in [1.165, 1.54) is 12.8 Å². The van der Waals surface area contributed by atoms with Crippen molar-refractivity contribution in [1.29, 1.82) is 0 Å². The fraction of sp³-hybridized carbons (Fsp3) is 0.417. The Morgan fingerprint density at radius 3 is 2.75 bits per heavy atom. The van der Waals surface area contributed by atoms with E-state index in [1.54, 1.807) is 18.2 Å². The lowest BCUT2D eigenvalue weighted by Gasteiger charge is -2.12. The van der Waals surface area contributed by atoms with Crippen LogP contribution >= 0.6 is 24.2 Å². The van der Waals surface area contributed by atoms with E-state index in [2.05, 4.69) is 17.9 Å². The van der Waals surface area contributed by atoms with Crippen LogP contribution in [-0.4, -0.2) is 11.9 Å². The average Bonchev–Trinajstić information content (AvgIpc) is 2.74. The zero-order chi connectivity index (χ0) is 11.5. The van der Waals surface area contributed by atoms with Crippen molar-refractivity contribution in [2.45, 2.75) is 36.6 Å². The topological polar surface area (TPSA) is 29.1 Å². The molecule has 2 rings (SSSR count). The Labute approximate surface area is 106 Å². The normalized spacial score (nSPS) is 16.4. The molecule has 1 aromatic rings. The molecule has 1 amide bonds. The molecule has 1 saturated carbocycles. The molecule has 0 radical (unpaired) electrons. The second-order valence-electron chi connectivity index (χ2n) is 4.12. The minimum atomic E-state index is -0.0900. The van der Waals surface area contributed by atoms with Gasteiger partial charge in [0.05, 0.1) is 10.6 Å². The number of benzene rings is 1. The van der Waals surface area contributed by atoms with E-state index < -0.39 is 0 Å². The number of amides is 1. The molecule has 1 aliphatic carbocycles. The monoisotopic (exact) mass is 255 g/mol. The molecule has 0 atom stereocenters. The Balaban J connectivity index is 2.10. The lowest BCUT2D eigenvalue weighted by molar-refractivity contribution is 0.0938. The zero-order valence-electron chi connectivity index (χ0n) is 8.87. The highest BCUT2D eigenvalue weighted by atomic mass is 35.5. The van der Waals surface area contributed by atoms with Crippen molar-refractivity contribution in [2.75, 3.05) is 0 Å². The summed E-state index contributed by atoms with van der Waals surface area (Å²) in [5.41, 5.74) is 0.515. The van der Waals surface area contributed by atoms with Gasteiger partial charge in [-0.2, -0.15) is 0 Å². The van der Waals surface area contributed by atoms with E-state index in [0.29, 0.717) is 16.6 Å². The van der Waals surface area contributed by atoms with Gasteiger partial charge in [0.2, 0.25) is 0 Å². The molecule has 0 aromatic heterocycles. The van der Waals surface area contributed by atoms with Gasteiger partial charge in [0, 0.05) is 10.9 Å². The molecule has 1 aromatic carbocycles. The van der Waals surface area contributed by atoms with Gasteiger partial charge >= 0.3 is 0 Å². The maximum absolute atomic E-state index is 11.9. The molecule has 0 saturated heterocycles. The van der Waals surface area contributed by atoms with Crippen LogP contribution in [0.15, 0.2) is 23.1 Å². The minimum absolute atomic E-state index is 0.0900. The summed E-state index contributed by atoms with van der Waals surface area (Å²) in [6, 6.07) is 5.49. The Hall–Kier alpha value is -0.670. The van der Waals surface area contributed by atoms with E-state index >= 15 is 0 Å². The van der Waals surface area contributed by atoms with Crippen molar-refractivity contribution in [3.05, 3.63) is 28.8 Å². The van der Waals surface area contributed by atoms with Crippen LogP contribution in [0.5, 0.6) is 0 Å². The summed E-state index contributed by atoms with van der Waals surface area (Å²) in [6.07, 6.45) is 4.55. The highest BCUT2D eigenvalue weighted by molar-refractivity contribution is 7.80. The van der Waals surface area contributed by atoms with Gasteiger partial charge in [-0.3, -0.25) is 4.79 Å². The van der Waals surface area contributed by atoms with Crippen LogP contribution in [0.25, 0.3) is 0 Å². The summed E-state index contributed by atoms with van der Waals surface area (Å²) in [4.78, 5) is 12.7. The summed E-state index contributed by atoms with van der Waals surface area (Å²) in [5, 5.41) is 3.49. The second kappa shape index (κ2) is 5.11. The molecule has 0 heterocycles. The summed E-state index contributed by atoms with van der Waals surface area (Å²) in [6.45, 7) is 0. The van der Waals surface area contributed by atoms with Gasteiger partial charge in [-0.1, -0.05) is 24.4 Å². The number of hydrogen-bond donors (Lipinski definition) is 2. The Kier molecular flexibility index (Phi) is 3.77. The number of thiol groups is 1. The van der Waals surface area contributed by atoms with Crippen molar-refractivity contribution in [3.63, 3.8) is 0 Å². The van der Waals surface area contributed by atoms with Gasteiger partial charge in [0.15, 0.2) is 0 Å². The maximum Gasteiger partial charge on any atom is 0.253 e. The van der Waals surface area contributed by atoms with Crippen LogP contribution in [0, 0.1) is 0 Å². The van der Waals surface area contributed by atoms with E-state index in [-0.39, 0.29) is 5.91 Å². The standard InChI is InChI=1S/C12H14ClNOS/c13-11-6-5-9(16)7-10(11)12(15)14-8-3-1-2-4-8/h5-8,16H,1-4H2,(H,14,15). The summed E-state index contributed by atoms with van der Waals surface area (Å²) in [7, 11) is 0. The van der Waals surface area contributed by atoms with Gasteiger partial charge in [0.1, 0.15) is 0 Å². The quantitative estimate of drug-likeness (QED) is 0.780. The summed E-state index contributed by atoms with van der Waals surface area (Å²) < 4.78 is 0. The van der Waals surface area contributed by atoms with Gasteiger partial charge in [-0.25, -0.2) is 0 Å². The van der Waals surface area contributed by atoms with Gasteiger partial charge in [-0.15, -0.1) is 12.6 Å². The Morgan fingerprint density at radius 2 is 2.06 bits per heavy atom. The zero-order valence-corrected chi connectivity index (χ0v) is 10.5. The summed E-state index contributed by atoms with van der Waals surface area (Å²) in [5.74, 6) is -0.0900. The molecule has 0 unspecified atom stereocenters. The fourth-order valence-corrected chi connectivity index (χ4v) is 2.43. The minimum Gasteiger partial charge on any atom is -0.349 e. The van der Waals surface area contributed by atoms with Gasteiger partial charge in [0.25, 0.3) is 5.91 Å². The SMILES string of the molecule is O=C(NC1CCCC1)c1cc(S)ccc1Cl. The van der Waals surface area contributed by atoms with Crippen molar-refractivity contribution < 1.29 is 4.79 Å². The molecule has 1 aliphatic rings. The van der Waals surface area contributed by atoms with E-state index in [1.807, 2.05) is 0 Å². The lowest BCUT2D eigenvalue weighted by atomic mass is 10.2. The first-order valence-electron chi connectivity index (χ1n) is 5.46. The van der Waals surface area contributed by atoms with Crippen LogP contribution in [-0.2, 0) is 0 Å². The number of carbonyl (C=O) groups excluding carboxylic acids is 1. The smallest absolute Gasteiger partial charge is 0.253 e. The molecule has 4 heteroatoms. The highest BCUT2D eigenvalue weighted by Crippen LogP contribution is 2.22. The van der Waals surface area contributed by atoms with Crippen molar-refractivity contribution >= 4 is 30.1 Å². The van der Waals surface area contributed by atoms with E-state index in [0.717, 1.165) is 17.7 Å². The van der Waals surface area contributed by atoms with Crippen LogP contribution < -0.4 is 5.32 Å². The first kappa shape index (κ1) is 11.8. The predicted molar refractivity (Wildman–Crippen MR) is 68.4 cm³/mol. The van der Waals surface area contributed by atoms with Crippen LogP contribution in [0.1, 0.15) is 36.0 Å². The van der Waals surface area contributed by atoms with E-state index in [9.17, 15) is 4.79 Å². The first-order valence-corrected chi connectivity index (χ1v) is 6.29. The number of halogens is 1. The Morgan fingerprint density at radius 1 is 1.38 bits per heavy atom. The van der Waals surface area contributed by atoms with Crippen molar-refractivity contribution in [3.8, 4) is 0 Å². The fourth-order valence-electron chi connectivity index (χ4n) is 2.02. The molecular weight excluding hydrogens is 242 g/mol. The summed E-state index contributed by atoms with van der Waals surface area (Å²) >= 11 is 10.2. The average molecular weight is 256 g/mol. The third kappa shape index (κ3) is 2.71. The third-order valence-electron chi connectivity index (χ3n) is 2.88. The molecule has 1 fully saturated rings. The second-order valence-corrected chi connectivity index (χ2v) is 5.04. The molecule has 1 N–H and O–H groups in total. The molecule has 0 spiro atoms. The maximum atomic E-state index is 11.9. The van der Waals surface area contributed by atoms with Crippen LogP contribution in [0.2, 0.25) is 5.02 Å². The van der Waals surface area contributed by atoms with Gasteiger partial charge < -0.3 is 5.32 Å². The molecule has 0 aliphatic heterocycles. The molecule has 16 heavy (non-hydrogen) atoms.